The van der Waals surface area contributed by atoms with Gasteiger partial charge in [0, 0.05) is 17.3 Å². The number of sulfonamides is 1. The first-order valence-corrected chi connectivity index (χ1v) is 7.64. The third kappa shape index (κ3) is 2.56. The lowest BCUT2D eigenvalue weighted by atomic mass is 10.1. The van der Waals surface area contributed by atoms with Crippen molar-refractivity contribution in [2.75, 3.05) is 18.5 Å². The Hall–Kier alpha value is -0.780. The van der Waals surface area contributed by atoms with Gasteiger partial charge in [-0.05, 0) is 30.5 Å². The van der Waals surface area contributed by atoms with Gasteiger partial charge in [0.15, 0.2) is 0 Å². The highest BCUT2D eigenvalue weighted by atomic mass is 35.5. The number of rotatable bonds is 2. The standard InChI is InChI=1S/C11H15ClN2O2S/c1-17(15,16)14-6-2-3-11(14)9-5-4-8(13)7-10(9)12/h4-5,7,11H,2-3,6,13H2,1H3. The summed E-state index contributed by atoms with van der Waals surface area (Å²) in [5.74, 6) is 0. The second-order valence-corrected chi connectivity index (χ2v) is 6.65. The summed E-state index contributed by atoms with van der Waals surface area (Å²) < 4.78 is 24.8. The minimum Gasteiger partial charge on any atom is -0.399 e. The second-order valence-electron chi connectivity index (χ2n) is 4.31. The van der Waals surface area contributed by atoms with Crippen molar-refractivity contribution in [3.63, 3.8) is 0 Å². The van der Waals surface area contributed by atoms with Crippen LogP contribution in [0.5, 0.6) is 0 Å². The van der Waals surface area contributed by atoms with Gasteiger partial charge in [-0.15, -0.1) is 0 Å². The third-order valence-corrected chi connectivity index (χ3v) is 4.63. The summed E-state index contributed by atoms with van der Waals surface area (Å²) >= 11 is 6.12. The van der Waals surface area contributed by atoms with Crippen molar-refractivity contribution in [1.29, 1.82) is 0 Å². The summed E-state index contributed by atoms with van der Waals surface area (Å²) in [5, 5.41) is 0.533. The molecule has 1 aliphatic heterocycles. The first-order chi connectivity index (χ1) is 7.89. The molecule has 2 N–H and O–H groups in total. The number of nitrogen functional groups attached to an aromatic ring is 1. The predicted octanol–water partition coefficient (Wildman–Crippen LogP) is 2.02. The van der Waals surface area contributed by atoms with Crippen LogP contribution in [-0.2, 0) is 10.0 Å². The molecule has 0 amide bonds. The van der Waals surface area contributed by atoms with Crippen molar-refractivity contribution in [2.45, 2.75) is 18.9 Å². The van der Waals surface area contributed by atoms with Gasteiger partial charge in [-0.2, -0.15) is 4.31 Å². The van der Waals surface area contributed by atoms with Crippen LogP contribution < -0.4 is 5.73 Å². The Morgan fingerprint density at radius 2 is 2.18 bits per heavy atom. The number of halogens is 1. The molecule has 17 heavy (non-hydrogen) atoms. The molecule has 1 aromatic carbocycles. The summed E-state index contributed by atoms with van der Waals surface area (Å²) in [6.07, 6.45) is 2.89. The molecular formula is C11H15ClN2O2S. The van der Waals surface area contributed by atoms with Gasteiger partial charge in [-0.3, -0.25) is 0 Å². The summed E-state index contributed by atoms with van der Waals surface area (Å²) in [6.45, 7) is 0.560. The van der Waals surface area contributed by atoms with Gasteiger partial charge in [0.25, 0.3) is 0 Å². The van der Waals surface area contributed by atoms with E-state index in [1.165, 1.54) is 10.6 Å². The number of hydrogen-bond donors (Lipinski definition) is 1. The van der Waals surface area contributed by atoms with Gasteiger partial charge in [-0.25, -0.2) is 8.42 Å². The van der Waals surface area contributed by atoms with Gasteiger partial charge in [0.1, 0.15) is 0 Å². The Kier molecular flexibility index (Phi) is 3.34. The van der Waals surface area contributed by atoms with E-state index in [-0.39, 0.29) is 6.04 Å². The zero-order valence-corrected chi connectivity index (χ0v) is 11.1. The fraction of sp³-hybridized carbons (Fsp3) is 0.455. The van der Waals surface area contributed by atoms with Crippen LogP contribution >= 0.6 is 11.6 Å². The van der Waals surface area contributed by atoms with Gasteiger partial charge in [-0.1, -0.05) is 17.7 Å². The summed E-state index contributed by atoms with van der Waals surface area (Å²) in [5.41, 5.74) is 7.05. The number of hydrogen-bond acceptors (Lipinski definition) is 3. The lowest BCUT2D eigenvalue weighted by molar-refractivity contribution is 0.400. The van der Waals surface area contributed by atoms with E-state index in [2.05, 4.69) is 0 Å². The Morgan fingerprint density at radius 3 is 2.76 bits per heavy atom. The third-order valence-electron chi connectivity index (χ3n) is 3.01. The molecule has 0 aliphatic carbocycles. The van der Waals surface area contributed by atoms with Crippen LogP contribution in [0.1, 0.15) is 24.4 Å². The number of nitrogens with two attached hydrogens (primary N) is 1. The Balaban J connectivity index is 2.39. The number of nitrogens with zero attached hydrogens (tertiary/aromatic N) is 1. The molecular weight excluding hydrogens is 260 g/mol. The van der Waals surface area contributed by atoms with Gasteiger partial charge in [0.2, 0.25) is 10.0 Å². The van der Waals surface area contributed by atoms with E-state index in [1.807, 2.05) is 6.07 Å². The van der Waals surface area contributed by atoms with Gasteiger partial charge in [0.05, 0.1) is 12.3 Å². The molecule has 4 nitrogen and oxygen atoms in total. The first kappa shape index (κ1) is 12.7. The van der Waals surface area contributed by atoms with Crippen molar-refractivity contribution in [1.82, 2.24) is 4.31 Å². The number of benzene rings is 1. The highest BCUT2D eigenvalue weighted by Gasteiger charge is 2.33. The smallest absolute Gasteiger partial charge is 0.211 e. The van der Waals surface area contributed by atoms with Crippen molar-refractivity contribution >= 4 is 27.3 Å². The van der Waals surface area contributed by atoms with Crippen LogP contribution in [-0.4, -0.2) is 25.5 Å². The molecule has 6 heteroatoms. The lowest BCUT2D eigenvalue weighted by Crippen LogP contribution is -2.29. The average Bonchev–Trinajstić information content (AvgIpc) is 2.65. The predicted molar refractivity (Wildman–Crippen MR) is 69.4 cm³/mol. The molecule has 0 saturated carbocycles. The molecule has 0 spiro atoms. The molecule has 2 rings (SSSR count). The molecule has 94 valence electrons. The minimum atomic E-state index is -3.18. The van der Waals surface area contributed by atoms with E-state index in [4.69, 9.17) is 17.3 Å². The molecule has 1 unspecified atom stereocenters. The first-order valence-electron chi connectivity index (χ1n) is 5.41. The normalized spacial score (nSPS) is 21.9. The Labute approximate surface area is 106 Å². The maximum Gasteiger partial charge on any atom is 0.211 e. The quantitative estimate of drug-likeness (QED) is 0.839. The fourth-order valence-electron chi connectivity index (χ4n) is 2.26. The van der Waals surface area contributed by atoms with E-state index in [0.29, 0.717) is 17.3 Å². The SMILES string of the molecule is CS(=O)(=O)N1CCCC1c1ccc(N)cc1Cl. The fourth-order valence-corrected chi connectivity index (χ4v) is 3.72. The Morgan fingerprint density at radius 1 is 1.47 bits per heavy atom. The summed E-state index contributed by atoms with van der Waals surface area (Å²) in [6, 6.07) is 5.07. The van der Waals surface area contributed by atoms with E-state index in [0.717, 1.165) is 18.4 Å². The van der Waals surface area contributed by atoms with Crippen LogP contribution in [0, 0.1) is 0 Å². The maximum absolute atomic E-state index is 11.7. The van der Waals surface area contributed by atoms with Gasteiger partial charge < -0.3 is 5.73 Å². The van der Waals surface area contributed by atoms with E-state index < -0.39 is 10.0 Å². The minimum absolute atomic E-state index is 0.155. The van der Waals surface area contributed by atoms with Crippen molar-refractivity contribution in [3.8, 4) is 0 Å². The molecule has 0 radical (unpaired) electrons. The molecule has 1 atom stereocenters. The van der Waals surface area contributed by atoms with E-state index in [9.17, 15) is 8.42 Å². The maximum atomic E-state index is 11.7. The highest BCUT2D eigenvalue weighted by Crippen LogP contribution is 2.37. The van der Waals surface area contributed by atoms with Crippen molar-refractivity contribution < 1.29 is 8.42 Å². The zero-order valence-electron chi connectivity index (χ0n) is 9.56. The van der Waals surface area contributed by atoms with Crippen LogP contribution in [0.4, 0.5) is 5.69 Å². The average molecular weight is 275 g/mol. The zero-order chi connectivity index (χ0) is 12.6. The highest BCUT2D eigenvalue weighted by molar-refractivity contribution is 7.88. The topological polar surface area (TPSA) is 63.4 Å². The van der Waals surface area contributed by atoms with Crippen LogP contribution in [0.15, 0.2) is 18.2 Å². The monoisotopic (exact) mass is 274 g/mol. The van der Waals surface area contributed by atoms with Crippen LogP contribution in [0.25, 0.3) is 0 Å². The molecule has 1 heterocycles. The summed E-state index contributed by atoms with van der Waals surface area (Å²) in [4.78, 5) is 0. The lowest BCUT2D eigenvalue weighted by Gasteiger charge is -2.23. The van der Waals surface area contributed by atoms with Crippen molar-refractivity contribution in [3.05, 3.63) is 28.8 Å². The number of anilines is 1. The van der Waals surface area contributed by atoms with E-state index in [1.54, 1.807) is 12.1 Å². The molecule has 0 bridgehead atoms. The van der Waals surface area contributed by atoms with Gasteiger partial charge >= 0.3 is 0 Å². The molecule has 1 saturated heterocycles. The van der Waals surface area contributed by atoms with Crippen molar-refractivity contribution in [2.24, 2.45) is 0 Å². The molecule has 1 fully saturated rings. The second kappa shape index (κ2) is 4.48. The van der Waals surface area contributed by atoms with Crippen LogP contribution in [0.2, 0.25) is 5.02 Å². The van der Waals surface area contributed by atoms with Crippen LogP contribution in [0.3, 0.4) is 0 Å². The molecule has 0 aromatic heterocycles. The molecule has 1 aromatic rings. The van der Waals surface area contributed by atoms with E-state index >= 15 is 0 Å². The summed E-state index contributed by atoms with van der Waals surface area (Å²) in [7, 11) is -3.18. The molecule has 1 aliphatic rings. The Bertz CT molecular complexity index is 530. The largest absolute Gasteiger partial charge is 0.399 e.